The summed E-state index contributed by atoms with van der Waals surface area (Å²) in [4.78, 5) is 7.89. The van der Waals surface area contributed by atoms with Crippen molar-refractivity contribution in [3.8, 4) is 33.4 Å². The van der Waals surface area contributed by atoms with Crippen molar-refractivity contribution in [2.75, 3.05) is 14.6 Å². The molecule has 2 aliphatic carbocycles. The van der Waals surface area contributed by atoms with Crippen LogP contribution in [0.25, 0.3) is 33.4 Å². The van der Waals surface area contributed by atoms with E-state index in [0.717, 1.165) is 17.1 Å². The highest BCUT2D eigenvalue weighted by molar-refractivity contribution is 6.93. The van der Waals surface area contributed by atoms with Crippen molar-refractivity contribution in [3.63, 3.8) is 0 Å². The molecule has 0 aromatic heterocycles. The van der Waals surface area contributed by atoms with E-state index in [1.54, 1.807) is 0 Å². The van der Waals surface area contributed by atoms with Crippen LogP contribution in [-0.2, 0) is 37.9 Å². The first-order valence-corrected chi connectivity index (χ1v) is 31.9. The Morgan fingerprint density at radius 3 is 1.43 bits per heavy atom. The largest absolute Gasteiger partial charge is 0.376 e. The van der Waals surface area contributed by atoms with E-state index in [0.29, 0.717) is 0 Å². The lowest BCUT2D eigenvalue weighted by molar-refractivity contribution is 0.331. The Balaban J connectivity index is 1.14. The highest BCUT2D eigenvalue weighted by Crippen LogP contribution is 2.59. The van der Waals surface area contributed by atoms with Gasteiger partial charge in [0.1, 0.15) is 0 Å². The zero-order valence-corrected chi connectivity index (χ0v) is 55.1. The number of hydrogen-bond acceptors (Lipinski definition) is 3. The average Bonchev–Trinajstić information content (AvgIpc) is 1.26. The highest BCUT2D eigenvalue weighted by Gasteiger charge is 2.49. The first-order chi connectivity index (χ1) is 40.3. The van der Waals surface area contributed by atoms with E-state index < -0.39 is 0 Å². The molecule has 9 aromatic carbocycles. The molecule has 0 spiro atoms. The van der Waals surface area contributed by atoms with E-state index in [-0.39, 0.29) is 44.8 Å². The van der Waals surface area contributed by atoms with Gasteiger partial charge in [0.2, 0.25) is 0 Å². The maximum Gasteiger partial charge on any atom is 0.333 e. The van der Waals surface area contributed by atoms with Gasteiger partial charge in [0.15, 0.2) is 0 Å². The number of anilines is 8. The minimum absolute atomic E-state index is 0.0112. The summed E-state index contributed by atoms with van der Waals surface area (Å²) < 4.78 is 0. The molecule has 3 nitrogen and oxygen atoms in total. The maximum absolute atomic E-state index is 2.75. The third-order valence-corrected chi connectivity index (χ3v) is 20.4. The second-order valence-corrected chi connectivity index (χ2v) is 31.9. The van der Waals surface area contributed by atoms with Gasteiger partial charge < -0.3 is 14.6 Å². The molecule has 13 rings (SSSR count). The van der Waals surface area contributed by atoms with Gasteiger partial charge in [-0.1, -0.05) is 210 Å². The Hall–Kier alpha value is -7.56. The summed E-state index contributed by atoms with van der Waals surface area (Å²) >= 11 is 0. The van der Waals surface area contributed by atoms with Gasteiger partial charge in [-0.05, 0) is 227 Å². The summed E-state index contributed by atoms with van der Waals surface area (Å²) in [5.41, 5.74) is 32.0. The number of benzene rings is 9. The van der Waals surface area contributed by atoms with Gasteiger partial charge in [-0.2, -0.15) is 0 Å². The standard InChI is InChI=1S/C82H90BN3/c1-51-43-65-64-47-62-63-48-68-69(81(16,17)42-41-80(68,14)15)49-66(63)82(18,19)67(62)50-73(64)86(59-36-29-55(30-37-59)78(8,9)10)83-70-46-60(84(57-32-25-53(26-33-57)76(2,3)4)58-34-27-54(28-35-58)77(5,6)7)38-40-72(70)85(74(44-51)75(65)83)71-39-31-56(79(11,12)13)45-61(71)52-23-21-20-22-24-52/h20-40,43-50H,41-42H2,1-19H3. The number of fused-ring (bicyclic) bond motifs is 8. The molecule has 86 heavy (non-hydrogen) atoms. The minimum Gasteiger partial charge on any atom is -0.376 e. The molecule has 0 N–H and O–H groups in total. The van der Waals surface area contributed by atoms with E-state index >= 15 is 0 Å². The topological polar surface area (TPSA) is 9.72 Å². The molecule has 9 aromatic rings. The molecule has 0 unspecified atom stereocenters. The Kier molecular flexibility index (Phi) is 13.0. The summed E-state index contributed by atoms with van der Waals surface area (Å²) in [5, 5.41) is 0. The lowest BCUT2D eigenvalue weighted by atomic mass is 9.43. The van der Waals surface area contributed by atoms with Crippen molar-refractivity contribution >= 4 is 63.3 Å². The van der Waals surface area contributed by atoms with E-state index in [4.69, 9.17) is 0 Å². The van der Waals surface area contributed by atoms with Crippen LogP contribution in [0.15, 0.2) is 176 Å². The highest BCUT2D eigenvalue weighted by atomic mass is 15.2. The molecule has 0 atom stereocenters. The fraction of sp³-hybridized carbons (Fsp3) is 0.341. The van der Waals surface area contributed by atoms with Gasteiger partial charge in [0.25, 0.3) is 0 Å². The van der Waals surface area contributed by atoms with Crippen LogP contribution in [0.4, 0.5) is 45.5 Å². The Morgan fingerprint density at radius 2 is 0.872 bits per heavy atom. The lowest BCUT2D eigenvalue weighted by Gasteiger charge is -2.47. The summed E-state index contributed by atoms with van der Waals surface area (Å²) in [6.07, 6.45) is 2.37. The van der Waals surface area contributed by atoms with Crippen LogP contribution in [0.3, 0.4) is 0 Å². The Morgan fingerprint density at radius 1 is 0.384 bits per heavy atom. The minimum atomic E-state index is -0.237. The predicted octanol–water partition coefficient (Wildman–Crippen LogP) is 21.7. The fourth-order valence-corrected chi connectivity index (χ4v) is 14.9. The lowest BCUT2D eigenvalue weighted by Crippen LogP contribution is -2.61. The molecule has 0 saturated carbocycles. The van der Waals surface area contributed by atoms with Crippen molar-refractivity contribution < 1.29 is 0 Å². The van der Waals surface area contributed by atoms with Gasteiger partial charge in [0, 0.05) is 56.4 Å². The molecule has 0 amide bonds. The van der Waals surface area contributed by atoms with Crippen LogP contribution in [0.5, 0.6) is 0 Å². The molecule has 4 aliphatic rings. The second-order valence-electron chi connectivity index (χ2n) is 31.9. The van der Waals surface area contributed by atoms with Crippen LogP contribution in [-0.4, -0.2) is 6.85 Å². The Bertz CT molecular complexity index is 4110. The van der Waals surface area contributed by atoms with E-state index in [9.17, 15) is 0 Å². The van der Waals surface area contributed by atoms with Crippen LogP contribution in [0.2, 0.25) is 0 Å². The molecular weight excluding hydrogens is 1040 g/mol. The summed E-state index contributed by atoms with van der Waals surface area (Å²) in [6.45, 7) is 44.8. The van der Waals surface area contributed by atoms with Crippen molar-refractivity contribution in [1.82, 2.24) is 0 Å². The SMILES string of the molecule is Cc1cc2c3c(c1)N(c1ccc(C(C)(C)C)cc1-c1ccccc1)c1ccc(N(c4ccc(C(C)(C)C)cc4)c4ccc(C(C)(C)C)cc4)cc1B3N(c1ccc(C(C)(C)C)cc1)c1cc3c(cc1-2)-c1cc2c(cc1C3(C)C)C(C)(C)CCC2(C)C. The monoisotopic (exact) mass is 1130 g/mol. The third kappa shape index (κ3) is 9.37. The number of aryl methyl sites for hydroxylation is 1. The van der Waals surface area contributed by atoms with Crippen LogP contribution >= 0.6 is 0 Å². The van der Waals surface area contributed by atoms with E-state index in [2.05, 4.69) is 322 Å². The van der Waals surface area contributed by atoms with Crippen molar-refractivity contribution in [2.45, 2.75) is 182 Å². The molecule has 0 bridgehead atoms. The molecule has 436 valence electrons. The quantitative estimate of drug-likeness (QED) is 0.154. The molecule has 4 heteroatoms. The fourth-order valence-electron chi connectivity index (χ4n) is 14.9. The van der Waals surface area contributed by atoms with E-state index in [1.807, 2.05) is 0 Å². The molecule has 0 radical (unpaired) electrons. The van der Waals surface area contributed by atoms with Gasteiger partial charge in [-0.25, -0.2) is 0 Å². The van der Waals surface area contributed by atoms with Crippen LogP contribution in [0.1, 0.15) is 188 Å². The summed E-state index contributed by atoms with van der Waals surface area (Å²) in [5.74, 6) is 0. The molecule has 2 heterocycles. The molecule has 2 aliphatic heterocycles. The first kappa shape index (κ1) is 57.5. The predicted molar refractivity (Wildman–Crippen MR) is 373 cm³/mol. The zero-order chi connectivity index (χ0) is 61.2. The van der Waals surface area contributed by atoms with Crippen molar-refractivity contribution in [2.24, 2.45) is 0 Å². The van der Waals surface area contributed by atoms with Crippen molar-refractivity contribution in [1.29, 1.82) is 0 Å². The van der Waals surface area contributed by atoms with Gasteiger partial charge in [-0.15, -0.1) is 0 Å². The van der Waals surface area contributed by atoms with Crippen LogP contribution < -0.4 is 25.5 Å². The number of rotatable bonds is 6. The first-order valence-electron chi connectivity index (χ1n) is 31.9. The van der Waals surface area contributed by atoms with Gasteiger partial charge in [0.05, 0.1) is 5.69 Å². The number of hydrogen-bond donors (Lipinski definition) is 0. The van der Waals surface area contributed by atoms with Gasteiger partial charge >= 0.3 is 6.85 Å². The Labute approximate surface area is 516 Å². The molecule has 0 saturated heterocycles. The van der Waals surface area contributed by atoms with Crippen molar-refractivity contribution in [3.05, 3.63) is 226 Å². The third-order valence-electron chi connectivity index (χ3n) is 20.4. The normalized spacial score (nSPS) is 16.2. The van der Waals surface area contributed by atoms with E-state index in [1.165, 1.54) is 136 Å². The van der Waals surface area contributed by atoms with Gasteiger partial charge in [-0.3, -0.25) is 0 Å². The second kappa shape index (κ2) is 19.5. The maximum atomic E-state index is 2.75. The van der Waals surface area contributed by atoms with Crippen LogP contribution in [0, 0.1) is 6.92 Å². The average molecular weight is 1130 g/mol. The zero-order valence-electron chi connectivity index (χ0n) is 55.1. The number of nitrogens with zero attached hydrogens (tertiary/aromatic N) is 3. The molecule has 0 fully saturated rings. The summed E-state index contributed by atoms with van der Waals surface area (Å²) in [6, 6.07) is 69.6. The summed E-state index contributed by atoms with van der Waals surface area (Å²) in [7, 11) is 0. The molecular formula is C82H90BN3. The smallest absolute Gasteiger partial charge is 0.333 e.